The SMILES string of the molecule is CCCC[C@@H](CC)C(=O)Nc1nc2ccc([N+](=O)[O-])cc2s1. The van der Waals surface area contributed by atoms with Gasteiger partial charge in [0.2, 0.25) is 5.91 Å². The molecule has 1 N–H and O–H groups in total. The second kappa shape index (κ2) is 7.31. The molecule has 0 aliphatic heterocycles. The van der Waals surface area contributed by atoms with Gasteiger partial charge in [-0.1, -0.05) is 38.0 Å². The Balaban J connectivity index is 2.13. The van der Waals surface area contributed by atoms with Crippen LogP contribution in [0.1, 0.15) is 39.5 Å². The summed E-state index contributed by atoms with van der Waals surface area (Å²) >= 11 is 1.26. The topological polar surface area (TPSA) is 85.1 Å². The quantitative estimate of drug-likeness (QED) is 0.606. The number of benzene rings is 1. The molecule has 0 spiro atoms. The van der Waals surface area contributed by atoms with Crippen molar-refractivity contribution in [2.45, 2.75) is 39.5 Å². The highest BCUT2D eigenvalue weighted by molar-refractivity contribution is 7.22. The summed E-state index contributed by atoms with van der Waals surface area (Å²) in [6.45, 7) is 4.10. The van der Waals surface area contributed by atoms with Gasteiger partial charge in [-0.25, -0.2) is 4.98 Å². The molecule has 0 saturated carbocycles. The van der Waals surface area contributed by atoms with Crippen LogP contribution in [0.15, 0.2) is 18.2 Å². The van der Waals surface area contributed by atoms with Gasteiger partial charge in [-0.3, -0.25) is 14.9 Å². The Labute approximate surface area is 132 Å². The van der Waals surface area contributed by atoms with E-state index in [1.807, 2.05) is 6.92 Å². The van der Waals surface area contributed by atoms with Crippen LogP contribution in [-0.2, 0) is 4.79 Å². The second-order valence-electron chi connectivity index (χ2n) is 5.16. The number of fused-ring (bicyclic) bond motifs is 1. The number of carbonyl (C=O) groups excluding carboxylic acids is 1. The lowest BCUT2D eigenvalue weighted by Crippen LogP contribution is -2.22. The van der Waals surface area contributed by atoms with Crippen LogP contribution in [-0.4, -0.2) is 15.8 Å². The summed E-state index contributed by atoms with van der Waals surface area (Å²) in [5.74, 6) is -0.0363. The van der Waals surface area contributed by atoms with Crippen LogP contribution in [0.3, 0.4) is 0 Å². The molecule has 0 fully saturated rings. The highest BCUT2D eigenvalue weighted by Gasteiger charge is 2.18. The first kappa shape index (κ1) is 16.4. The fraction of sp³-hybridized carbons (Fsp3) is 0.467. The first-order valence-corrected chi connectivity index (χ1v) is 8.22. The van der Waals surface area contributed by atoms with E-state index in [0.29, 0.717) is 15.3 Å². The minimum Gasteiger partial charge on any atom is -0.302 e. The van der Waals surface area contributed by atoms with Gasteiger partial charge in [-0.05, 0) is 18.9 Å². The Bertz CT molecular complexity index is 684. The fourth-order valence-electron chi connectivity index (χ4n) is 2.26. The maximum absolute atomic E-state index is 12.2. The van der Waals surface area contributed by atoms with Gasteiger partial charge in [0, 0.05) is 18.1 Å². The van der Waals surface area contributed by atoms with E-state index in [9.17, 15) is 14.9 Å². The van der Waals surface area contributed by atoms with E-state index < -0.39 is 4.92 Å². The lowest BCUT2D eigenvalue weighted by molar-refractivity contribution is -0.384. The molecule has 1 heterocycles. The summed E-state index contributed by atoms with van der Waals surface area (Å²) in [6.07, 6.45) is 3.75. The number of aromatic nitrogens is 1. The average Bonchev–Trinajstić information content (AvgIpc) is 2.89. The molecular formula is C15H19N3O3S. The molecule has 0 aliphatic carbocycles. The molecule has 2 aromatic rings. The number of nitro benzene ring substituents is 1. The van der Waals surface area contributed by atoms with Crippen LogP contribution in [0.5, 0.6) is 0 Å². The van der Waals surface area contributed by atoms with Gasteiger partial charge in [0.05, 0.1) is 15.1 Å². The summed E-state index contributed by atoms with van der Waals surface area (Å²) in [5.41, 5.74) is 0.691. The van der Waals surface area contributed by atoms with Gasteiger partial charge in [0.25, 0.3) is 5.69 Å². The molecule has 7 heteroatoms. The molecule has 1 aromatic carbocycles. The zero-order valence-corrected chi connectivity index (χ0v) is 13.5. The van der Waals surface area contributed by atoms with E-state index in [1.54, 1.807) is 6.07 Å². The number of amides is 1. The van der Waals surface area contributed by atoms with Crippen LogP contribution in [0.4, 0.5) is 10.8 Å². The summed E-state index contributed by atoms with van der Waals surface area (Å²) in [6, 6.07) is 4.51. The first-order valence-electron chi connectivity index (χ1n) is 7.41. The molecule has 1 atom stereocenters. The molecular weight excluding hydrogens is 302 g/mol. The molecule has 6 nitrogen and oxygen atoms in total. The van der Waals surface area contributed by atoms with Gasteiger partial charge >= 0.3 is 0 Å². The Morgan fingerprint density at radius 2 is 2.23 bits per heavy atom. The van der Waals surface area contributed by atoms with Gasteiger partial charge in [-0.15, -0.1) is 0 Å². The number of anilines is 1. The van der Waals surface area contributed by atoms with E-state index in [4.69, 9.17) is 0 Å². The number of non-ortho nitro benzene ring substituents is 1. The number of rotatable bonds is 7. The third kappa shape index (κ3) is 3.79. The predicted molar refractivity (Wildman–Crippen MR) is 88.2 cm³/mol. The van der Waals surface area contributed by atoms with Gasteiger partial charge in [0.1, 0.15) is 0 Å². The predicted octanol–water partition coefficient (Wildman–Crippen LogP) is 4.36. The number of nitro groups is 1. The summed E-state index contributed by atoms with van der Waals surface area (Å²) in [7, 11) is 0. The van der Waals surface area contributed by atoms with Crippen molar-refractivity contribution in [3.8, 4) is 0 Å². The number of nitrogens with one attached hydrogen (secondary N) is 1. The van der Waals surface area contributed by atoms with Crippen LogP contribution in [0.25, 0.3) is 10.2 Å². The molecule has 0 radical (unpaired) electrons. The molecule has 1 amide bonds. The molecule has 0 aliphatic rings. The van der Waals surface area contributed by atoms with Crippen LogP contribution in [0.2, 0.25) is 0 Å². The maximum Gasteiger partial charge on any atom is 0.270 e. The smallest absolute Gasteiger partial charge is 0.270 e. The van der Waals surface area contributed by atoms with Crippen molar-refractivity contribution in [2.24, 2.45) is 5.92 Å². The normalized spacial score (nSPS) is 12.3. The Morgan fingerprint density at radius 3 is 2.86 bits per heavy atom. The minimum absolute atomic E-state index is 0.0127. The molecule has 0 saturated heterocycles. The van der Waals surface area contributed by atoms with E-state index in [0.717, 1.165) is 25.7 Å². The minimum atomic E-state index is -0.435. The van der Waals surface area contributed by atoms with Crippen molar-refractivity contribution in [1.82, 2.24) is 4.98 Å². The van der Waals surface area contributed by atoms with Crippen molar-refractivity contribution in [1.29, 1.82) is 0 Å². The highest BCUT2D eigenvalue weighted by atomic mass is 32.1. The number of nitrogens with zero attached hydrogens (tertiary/aromatic N) is 2. The van der Waals surface area contributed by atoms with Gasteiger partial charge < -0.3 is 5.32 Å². The Kier molecular flexibility index (Phi) is 5.43. The summed E-state index contributed by atoms with van der Waals surface area (Å²) < 4.78 is 0.700. The van der Waals surface area contributed by atoms with E-state index in [-0.39, 0.29) is 17.5 Å². The van der Waals surface area contributed by atoms with E-state index in [1.165, 1.54) is 23.5 Å². The van der Waals surface area contributed by atoms with Crippen LogP contribution < -0.4 is 5.32 Å². The zero-order valence-electron chi connectivity index (χ0n) is 12.7. The Hall–Kier alpha value is -2.02. The molecule has 22 heavy (non-hydrogen) atoms. The van der Waals surface area contributed by atoms with Crippen molar-refractivity contribution < 1.29 is 9.72 Å². The second-order valence-corrected chi connectivity index (χ2v) is 6.20. The highest BCUT2D eigenvalue weighted by Crippen LogP contribution is 2.29. The van der Waals surface area contributed by atoms with Crippen LogP contribution in [0, 0.1) is 16.0 Å². The lowest BCUT2D eigenvalue weighted by atomic mass is 9.99. The van der Waals surface area contributed by atoms with E-state index in [2.05, 4.69) is 17.2 Å². The van der Waals surface area contributed by atoms with Crippen LogP contribution >= 0.6 is 11.3 Å². The number of hydrogen-bond acceptors (Lipinski definition) is 5. The molecule has 0 unspecified atom stereocenters. The third-order valence-electron chi connectivity index (χ3n) is 3.58. The molecule has 2 rings (SSSR count). The van der Waals surface area contributed by atoms with Crippen molar-refractivity contribution in [3.63, 3.8) is 0 Å². The zero-order chi connectivity index (χ0) is 16.1. The Morgan fingerprint density at radius 1 is 1.45 bits per heavy atom. The standard InChI is InChI=1S/C15H19N3O3S/c1-3-5-6-10(4-2)14(19)17-15-16-12-8-7-11(18(20)21)9-13(12)22-15/h7-10H,3-6H2,1-2H3,(H,16,17,19)/t10-/m1/s1. The number of unbranched alkanes of at least 4 members (excludes halogenated alkanes) is 1. The largest absolute Gasteiger partial charge is 0.302 e. The molecule has 118 valence electrons. The number of carbonyl (C=O) groups is 1. The fourth-order valence-corrected chi connectivity index (χ4v) is 3.16. The average molecular weight is 321 g/mol. The van der Waals surface area contributed by atoms with Crippen molar-refractivity contribution in [2.75, 3.05) is 5.32 Å². The lowest BCUT2D eigenvalue weighted by Gasteiger charge is -2.12. The molecule has 1 aromatic heterocycles. The van der Waals surface area contributed by atoms with Gasteiger partial charge in [-0.2, -0.15) is 0 Å². The summed E-state index contributed by atoms with van der Waals surface area (Å²) in [4.78, 5) is 26.9. The maximum atomic E-state index is 12.2. The number of hydrogen-bond donors (Lipinski definition) is 1. The van der Waals surface area contributed by atoms with Crippen molar-refractivity contribution in [3.05, 3.63) is 28.3 Å². The summed E-state index contributed by atoms with van der Waals surface area (Å²) in [5, 5.41) is 14.1. The third-order valence-corrected chi connectivity index (χ3v) is 4.52. The monoisotopic (exact) mass is 321 g/mol. The van der Waals surface area contributed by atoms with E-state index >= 15 is 0 Å². The van der Waals surface area contributed by atoms with Crippen molar-refractivity contribution >= 4 is 38.3 Å². The molecule has 0 bridgehead atoms. The number of thiazole rings is 1. The first-order chi connectivity index (χ1) is 10.5. The van der Waals surface area contributed by atoms with Gasteiger partial charge in [0.15, 0.2) is 5.13 Å².